The number of rotatable bonds is 1. The first kappa shape index (κ1) is 14.6. The third-order valence-electron chi connectivity index (χ3n) is 5.71. The second-order valence-electron chi connectivity index (χ2n) is 6.90. The van der Waals surface area contributed by atoms with Crippen molar-refractivity contribution in [1.29, 1.82) is 0 Å². The van der Waals surface area contributed by atoms with Gasteiger partial charge in [-0.1, -0.05) is 19.1 Å². The van der Waals surface area contributed by atoms with Gasteiger partial charge in [-0.25, -0.2) is 0 Å². The van der Waals surface area contributed by atoms with E-state index < -0.39 is 11.0 Å². The van der Waals surface area contributed by atoms with Crippen LogP contribution in [0.25, 0.3) is 0 Å². The Morgan fingerprint density at radius 2 is 2.20 bits per heavy atom. The molecular formula is C16H23ClO3. The highest BCUT2D eigenvalue weighted by Gasteiger charge is 2.65. The standard InChI is InChI=1S/C16H23ClO3/c1-14-7-6-11(15(2,10-14)19-3)9-13(18)16(14)12(17)5-4-8-20-16/h6-7,11-12H,4-5,8-10H2,1-3H3/t11-,12-,14-,15+,16+/m1/s1. The van der Waals surface area contributed by atoms with Gasteiger partial charge in [-0.3, -0.25) is 4.79 Å². The van der Waals surface area contributed by atoms with Crippen molar-refractivity contribution in [3.05, 3.63) is 12.2 Å². The lowest BCUT2D eigenvalue weighted by Crippen LogP contribution is -2.62. The molecule has 3 aliphatic carbocycles. The number of halogens is 1. The molecule has 0 N–H and O–H groups in total. The van der Waals surface area contributed by atoms with Gasteiger partial charge in [0.2, 0.25) is 0 Å². The highest BCUT2D eigenvalue weighted by Crippen LogP contribution is 2.57. The van der Waals surface area contributed by atoms with Crippen LogP contribution in [0.5, 0.6) is 0 Å². The Hall–Kier alpha value is -0.380. The summed E-state index contributed by atoms with van der Waals surface area (Å²) in [5, 5.41) is -0.253. The van der Waals surface area contributed by atoms with Crippen LogP contribution >= 0.6 is 11.6 Å². The zero-order valence-corrected chi connectivity index (χ0v) is 13.2. The van der Waals surface area contributed by atoms with E-state index >= 15 is 0 Å². The molecule has 0 unspecified atom stereocenters. The quantitative estimate of drug-likeness (QED) is 0.551. The molecular weight excluding hydrogens is 276 g/mol. The second kappa shape index (κ2) is 4.56. The minimum Gasteiger partial charge on any atom is -0.378 e. The first-order valence-electron chi connectivity index (χ1n) is 7.44. The maximum absolute atomic E-state index is 13.0. The Morgan fingerprint density at radius 1 is 1.45 bits per heavy atom. The van der Waals surface area contributed by atoms with Crippen LogP contribution in [0.2, 0.25) is 0 Å². The Morgan fingerprint density at radius 3 is 2.85 bits per heavy atom. The fourth-order valence-electron chi connectivity index (χ4n) is 4.45. The summed E-state index contributed by atoms with van der Waals surface area (Å²) in [4.78, 5) is 13.0. The first-order valence-corrected chi connectivity index (χ1v) is 7.87. The fraction of sp³-hybridized carbons (Fsp3) is 0.812. The molecule has 0 radical (unpaired) electrons. The van der Waals surface area contributed by atoms with Crippen LogP contribution in [0.4, 0.5) is 0 Å². The topological polar surface area (TPSA) is 35.5 Å². The minimum atomic E-state index is -0.881. The van der Waals surface area contributed by atoms with Gasteiger partial charge in [-0.2, -0.15) is 0 Å². The summed E-state index contributed by atoms with van der Waals surface area (Å²) in [6.45, 7) is 4.81. The third-order valence-corrected chi connectivity index (χ3v) is 6.23. The summed E-state index contributed by atoms with van der Waals surface area (Å²) in [6.07, 6.45) is 7.29. The summed E-state index contributed by atoms with van der Waals surface area (Å²) < 4.78 is 11.9. The minimum absolute atomic E-state index is 0.113. The lowest BCUT2D eigenvalue weighted by atomic mass is 9.62. The van der Waals surface area contributed by atoms with E-state index in [0.717, 1.165) is 19.3 Å². The number of fused-ring (bicyclic) bond motifs is 2. The smallest absolute Gasteiger partial charge is 0.167 e. The summed E-state index contributed by atoms with van der Waals surface area (Å²) >= 11 is 6.62. The van der Waals surface area contributed by atoms with Crippen LogP contribution in [0.1, 0.15) is 39.5 Å². The van der Waals surface area contributed by atoms with Crippen molar-refractivity contribution in [3.8, 4) is 0 Å². The molecule has 1 saturated carbocycles. The molecule has 2 fully saturated rings. The van der Waals surface area contributed by atoms with E-state index in [2.05, 4.69) is 26.0 Å². The Labute approximate surface area is 125 Å². The maximum atomic E-state index is 13.0. The summed E-state index contributed by atoms with van der Waals surface area (Å²) in [5.41, 5.74) is -1.59. The molecule has 4 heteroatoms. The second-order valence-corrected chi connectivity index (χ2v) is 7.42. The molecule has 4 aliphatic rings. The number of alkyl halides is 1. The van der Waals surface area contributed by atoms with E-state index in [1.54, 1.807) is 7.11 Å². The molecule has 1 heterocycles. The molecule has 0 aromatic carbocycles. The number of Topliss-reactive ketones (excluding diaryl/α,β-unsaturated/α-hetero) is 1. The molecule has 0 amide bonds. The van der Waals surface area contributed by atoms with Crippen molar-refractivity contribution < 1.29 is 14.3 Å². The lowest BCUT2D eigenvalue weighted by molar-refractivity contribution is -0.171. The van der Waals surface area contributed by atoms with E-state index in [9.17, 15) is 4.79 Å². The number of hydrogen-bond donors (Lipinski definition) is 0. The van der Waals surface area contributed by atoms with Gasteiger partial charge < -0.3 is 9.47 Å². The van der Waals surface area contributed by atoms with E-state index in [0.29, 0.717) is 13.0 Å². The molecule has 1 saturated heterocycles. The van der Waals surface area contributed by atoms with Gasteiger partial charge in [0.1, 0.15) is 0 Å². The number of ether oxygens (including phenoxy) is 2. The molecule has 1 aliphatic heterocycles. The van der Waals surface area contributed by atoms with E-state index in [1.807, 2.05) is 0 Å². The van der Waals surface area contributed by atoms with Gasteiger partial charge >= 0.3 is 0 Å². The molecule has 0 aromatic heterocycles. The van der Waals surface area contributed by atoms with Gasteiger partial charge in [0, 0.05) is 31.5 Å². The summed E-state index contributed by atoms with van der Waals surface area (Å²) in [7, 11) is 1.73. The molecule has 5 atom stereocenters. The Balaban J connectivity index is 2.13. The number of carbonyl (C=O) groups is 1. The van der Waals surface area contributed by atoms with Crippen molar-refractivity contribution in [3.63, 3.8) is 0 Å². The van der Waals surface area contributed by atoms with Crippen molar-refractivity contribution in [2.75, 3.05) is 13.7 Å². The first-order chi connectivity index (χ1) is 9.38. The Kier molecular flexibility index (Phi) is 3.32. The molecule has 3 nitrogen and oxygen atoms in total. The maximum Gasteiger partial charge on any atom is 0.167 e. The zero-order chi connectivity index (χ0) is 14.6. The van der Waals surface area contributed by atoms with Crippen molar-refractivity contribution in [2.45, 2.75) is 56.1 Å². The SMILES string of the molecule is CO[C@@]1(C)C[C@@]2(C)C=C[C@@H]1CC(=O)[C@]21OCCC[C@H]1Cl. The Bertz CT molecular complexity index is 463. The van der Waals surface area contributed by atoms with Gasteiger partial charge in [0.15, 0.2) is 11.4 Å². The molecule has 112 valence electrons. The average Bonchev–Trinajstić information content (AvgIpc) is 2.55. The van der Waals surface area contributed by atoms with Crippen LogP contribution < -0.4 is 0 Å². The zero-order valence-electron chi connectivity index (χ0n) is 12.4. The number of methoxy groups -OCH3 is 1. The molecule has 4 rings (SSSR count). The molecule has 1 spiro atoms. The highest BCUT2D eigenvalue weighted by molar-refractivity contribution is 6.24. The number of hydrogen-bond acceptors (Lipinski definition) is 3. The van der Waals surface area contributed by atoms with Crippen molar-refractivity contribution in [2.24, 2.45) is 11.3 Å². The summed E-state index contributed by atoms with van der Waals surface area (Å²) in [5.74, 6) is 0.261. The van der Waals surface area contributed by atoms with Crippen LogP contribution in [0.3, 0.4) is 0 Å². The predicted octanol–water partition coefficient (Wildman–Crippen LogP) is 3.10. The number of ketones is 1. The monoisotopic (exact) mass is 298 g/mol. The van der Waals surface area contributed by atoms with Crippen molar-refractivity contribution >= 4 is 17.4 Å². The normalized spacial score (nSPS) is 51.5. The van der Waals surface area contributed by atoms with E-state index in [1.165, 1.54) is 0 Å². The molecule has 2 bridgehead atoms. The molecule has 20 heavy (non-hydrogen) atoms. The average molecular weight is 299 g/mol. The van der Waals surface area contributed by atoms with Gasteiger partial charge in [-0.05, 0) is 26.2 Å². The van der Waals surface area contributed by atoms with Gasteiger partial charge in [0.05, 0.1) is 11.0 Å². The molecule has 0 aromatic rings. The summed E-state index contributed by atoms with van der Waals surface area (Å²) in [6, 6.07) is 0. The lowest BCUT2D eigenvalue weighted by Gasteiger charge is -2.52. The predicted molar refractivity (Wildman–Crippen MR) is 78.0 cm³/mol. The highest BCUT2D eigenvalue weighted by atomic mass is 35.5. The van der Waals surface area contributed by atoms with Crippen LogP contribution in [0, 0.1) is 11.3 Å². The van der Waals surface area contributed by atoms with Gasteiger partial charge in [0.25, 0.3) is 0 Å². The van der Waals surface area contributed by atoms with Crippen molar-refractivity contribution in [1.82, 2.24) is 0 Å². The van der Waals surface area contributed by atoms with Crippen LogP contribution in [0.15, 0.2) is 12.2 Å². The van der Waals surface area contributed by atoms with E-state index in [4.69, 9.17) is 21.1 Å². The fourth-order valence-corrected chi connectivity index (χ4v) is 5.04. The largest absolute Gasteiger partial charge is 0.378 e. The van der Waals surface area contributed by atoms with Crippen LogP contribution in [-0.2, 0) is 14.3 Å². The van der Waals surface area contributed by atoms with Gasteiger partial charge in [-0.15, -0.1) is 11.6 Å². The van der Waals surface area contributed by atoms with Crippen LogP contribution in [-0.4, -0.2) is 36.1 Å². The number of carbonyl (C=O) groups excluding carboxylic acids is 1. The third kappa shape index (κ3) is 1.69. The van der Waals surface area contributed by atoms with E-state index in [-0.39, 0.29) is 22.7 Å².